The van der Waals surface area contributed by atoms with Gasteiger partial charge in [-0.15, -0.1) is 10.2 Å². The molecule has 0 saturated heterocycles. The van der Waals surface area contributed by atoms with Crippen molar-refractivity contribution in [1.82, 2.24) is 25.6 Å². The maximum absolute atomic E-state index is 11.3. The molecule has 24 heavy (non-hydrogen) atoms. The molecule has 1 atom stereocenters. The highest BCUT2D eigenvalue weighted by Crippen LogP contribution is 2.15. The molecular formula is C17H17N5O2. The zero-order valence-electron chi connectivity index (χ0n) is 13.1. The number of benzene rings is 1. The van der Waals surface area contributed by atoms with E-state index in [1.54, 1.807) is 19.1 Å². The van der Waals surface area contributed by atoms with Crippen molar-refractivity contribution < 1.29 is 9.90 Å². The van der Waals surface area contributed by atoms with Gasteiger partial charge in [-0.25, -0.2) is 0 Å². The Morgan fingerprint density at radius 3 is 2.79 bits per heavy atom. The standard InChI is InChI=1S/C17H17N5O2/c1-11(23)14-5-2-12(3-6-14)8-15-9-13(10-18-15)4-7-16(24)17-19-21-22-20-17/h2-7,9-10,16,18,24H,8H2,1H3,(H,19,20,21,22). The molecule has 0 aliphatic heterocycles. The Bertz CT molecular complexity index is 834. The molecule has 0 aliphatic rings. The van der Waals surface area contributed by atoms with Crippen molar-refractivity contribution in [3.05, 3.63) is 70.8 Å². The SMILES string of the molecule is CC(=O)c1ccc(Cc2cc(C=CC(O)c3nn[nH]n3)c[nH]2)cc1. The van der Waals surface area contributed by atoms with Crippen LogP contribution in [0.25, 0.3) is 6.08 Å². The lowest BCUT2D eigenvalue weighted by Gasteiger charge is -2.00. The Hall–Kier alpha value is -3.06. The van der Waals surface area contributed by atoms with Gasteiger partial charge in [-0.3, -0.25) is 4.79 Å². The summed E-state index contributed by atoms with van der Waals surface area (Å²) in [6, 6.07) is 9.57. The molecule has 122 valence electrons. The van der Waals surface area contributed by atoms with Crippen LogP contribution in [-0.4, -0.2) is 36.5 Å². The minimum Gasteiger partial charge on any atom is -0.381 e. The normalized spacial score (nSPS) is 12.6. The number of hydrogen-bond donors (Lipinski definition) is 3. The van der Waals surface area contributed by atoms with E-state index in [9.17, 15) is 9.90 Å². The number of carbonyl (C=O) groups is 1. The van der Waals surface area contributed by atoms with Crippen molar-refractivity contribution >= 4 is 11.9 Å². The average molecular weight is 323 g/mol. The van der Waals surface area contributed by atoms with Crippen LogP contribution in [0, 0.1) is 0 Å². The van der Waals surface area contributed by atoms with Gasteiger partial charge < -0.3 is 10.1 Å². The second kappa shape index (κ2) is 7.01. The molecule has 3 rings (SSSR count). The van der Waals surface area contributed by atoms with E-state index in [-0.39, 0.29) is 11.6 Å². The van der Waals surface area contributed by atoms with Crippen LogP contribution < -0.4 is 0 Å². The number of Topliss-reactive ketones (excluding diaryl/α,β-unsaturated/α-hetero) is 1. The first kappa shape index (κ1) is 15.8. The Morgan fingerprint density at radius 2 is 2.12 bits per heavy atom. The third-order valence-corrected chi connectivity index (χ3v) is 3.62. The molecule has 1 aromatic carbocycles. The number of carbonyl (C=O) groups excluding carboxylic acids is 1. The zero-order chi connectivity index (χ0) is 16.9. The van der Waals surface area contributed by atoms with E-state index in [1.807, 2.05) is 36.5 Å². The molecule has 0 fully saturated rings. The molecule has 0 amide bonds. The minimum atomic E-state index is -0.902. The number of nitrogens with one attached hydrogen (secondary N) is 2. The first-order valence-electron chi connectivity index (χ1n) is 7.48. The number of aliphatic hydroxyl groups is 1. The van der Waals surface area contributed by atoms with Gasteiger partial charge in [-0.1, -0.05) is 35.6 Å². The van der Waals surface area contributed by atoms with E-state index in [0.717, 1.165) is 23.2 Å². The van der Waals surface area contributed by atoms with Crippen molar-refractivity contribution in [2.24, 2.45) is 0 Å². The molecule has 3 aromatic rings. The number of aromatic nitrogens is 5. The summed E-state index contributed by atoms with van der Waals surface area (Å²) in [5, 5.41) is 23.0. The summed E-state index contributed by atoms with van der Waals surface area (Å²) < 4.78 is 0. The third kappa shape index (κ3) is 3.82. The largest absolute Gasteiger partial charge is 0.381 e. The molecule has 7 nitrogen and oxygen atoms in total. The Morgan fingerprint density at radius 1 is 1.33 bits per heavy atom. The van der Waals surface area contributed by atoms with Crippen LogP contribution in [0.2, 0.25) is 0 Å². The Balaban J connectivity index is 1.64. The van der Waals surface area contributed by atoms with Gasteiger partial charge in [-0.05, 0) is 30.2 Å². The van der Waals surface area contributed by atoms with Gasteiger partial charge in [0.2, 0.25) is 5.82 Å². The van der Waals surface area contributed by atoms with E-state index in [1.165, 1.54) is 0 Å². The number of aromatic amines is 2. The third-order valence-electron chi connectivity index (χ3n) is 3.62. The van der Waals surface area contributed by atoms with Crippen LogP contribution in [0.4, 0.5) is 0 Å². The number of hydrogen-bond acceptors (Lipinski definition) is 5. The lowest BCUT2D eigenvalue weighted by molar-refractivity contribution is 0.101. The molecule has 7 heteroatoms. The second-order valence-electron chi connectivity index (χ2n) is 5.46. The summed E-state index contributed by atoms with van der Waals surface area (Å²) in [5.41, 5.74) is 3.81. The number of ketones is 1. The monoisotopic (exact) mass is 323 g/mol. The quantitative estimate of drug-likeness (QED) is 0.602. The number of rotatable bonds is 6. The summed E-state index contributed by atoms with van der Waals surface area (Å²) >= 11 is 0. The van der Waals surface area contributed by atoms with Gasteiger partial charge >= 0.3 is 0 Å². The average Bonchev–Trinajstić information content (AvgIpc) is 3.25. The van der Waals surface area contributed by atoms with Crippen LogP contribution in [0.3, 0.4) is 0 Å². The maximum atomic E-state index is 11.3. The number of H-pyrrole nitrogens is 2. The maximum Gasteiger partial charge on any atom is 0.206 e. The first-order valence-corrected chi connectivity index (χ1v) is 7.48. The lowest BCUT2D eigenvalue weighted by atomic mass is 10.1. The van der Waals surface area contributed by atoms with Crippen LogP contribution in [0.15, 0.2) is 42.6 Å². The fourth-order valence-electron chi connectivity index (χ4n) is 2.32. The Kier molecular flexibility index (Phi) is 4.62. The molecular weight excluding hydrogens is 306 g/mol. The summed E-state index contributed by atoms with van der Waals surface area (Å²) in [7, 11) is 0. The van der Waals surface area contributed by atoms with Gasteiger partial charge in [0.25, 0.3) is 0 Å². The molecule has 2 heterocycles. The van der Waals surface area contributed by atoms with E-state index in [4.69, 9.17) is 0 Å². The molecule has 3 N–H and O–H groups in total. The first-order chi connectivity index (χ1) is 11.6. The predicted molar refractivity (Wildman–Crippen MR) is 88.2 cm³/mol. The molecule has 0 aliphatic carbocycles. The van der Waals surface area contributed by atoms with Crippen LogP contribution in [0.1, 0.15) is 46.0 Å². The van der Waals surface area contributed by atoms with Crippen molar-refractivity contribution in [3.63, 3.8) is 0 Å². The van der Waals surface area contributed by atoms with Crippen molar-refractivity contribution in [1.29, 1.82) is 0 Å². The van der Waals surface area contributed by atoms with Gasteiger partial charge in [0.05, 0.1) is 0 Å². The smallest absolute Gasteiger partial charge is 0.206 e. The van der Waals surface area contributed by atoms with E-state index in [2.05, 4.69) is 25.6 Å². The molecule has 2 aromatic heterocycles. The summed E-state index contributed by atoms with van der Waals surface area (Å²) in [6.07, 6.45) is 5.08. The van der Waals surface area contributed by atoms with Gasteiger partial charge in [0, 0.05) is 23.9 Å². The lowest BCUT2D eigenvalue weighted by Crippen LogP contribution is -1.95. The van der Waals surface area contributed by atoms with Crippen molar-refractivity contribution in [2.75, 3.05) is 0 Å². The summed E-state index contributed by atoms with van der Waals surface area (Å²) in [4.78, 5) is 14.5. The zero-order valence-corrected chi connectivity index (χ0v) is 13.1. The fourth-order valence-corrected chi connectivity index (χ4v) is 2.32. The Labute approximate surface area is 138 Å². The molecule has 0 radical (unpaired) electrons. The molecule has 0 spiro atoms. The number of nitrogens with zero attached hydrogens (tertiary/aromatic N) is 3. The van der Waals surface area contributed by atoms with Gasteiger partial charge in [0.15, 0.2) is 5.78 Å². The minimum absolute atomic E-state index is 0.0639. The van der Waals surface area contributed by atoms with E-state index in [0.29, 0.717) is 5.56 Å². The highest BCUT2D eigenvalue weighted by molar-refractivity contribution is 5.94. The fraction of sp³-hybridized carbons (Fsp3) is 0.176. The van der Waals surface area contributed by atoms with Crippen LogP contribution in [0.5, 0.6) is 0 Å². The van der Waals surface area contributed by atoms with E-state index < -0.39 is 6.10 Å². The van der Waals surface area contributed by atoms with Crippen molar-refractivity contribution in [2.45, 2.75) is 19.4 Å². The van der Waals surface area contributed by atoms with Crippen LogP contribution in [-0.2, 0) is 6.42 Å². The van der Waals surface area contributed by atoms with E-state index >= 15 is 0 Å². The van der Waals surface area contributed by atoms with Crippen LogP contribution >= 0.6 is 0 Å². The number of aliphatic hydroxyl groups excluding tert-OH is 1. The second-order valence-corrected chi connectivity index (χ2v) is 5.46. The molecule has 0 bridgehead atoms. The molecule has 1 unspecified atom stereocenters. The summed E-state index contributed by atoms with van der Waals surface area (Å²) in [5.74, 6) is 0.293. The summed E-state index contributed by atoms with van der Waals surface area (Å²) in [6.45, 7) is 1.56. The molecule has 0 saturated carbocycles. The van der Waals surface area contributed by atoms with Crippen molar-refractivity contribution in [3.8, 4) is 0 Å². The highest BCUT2D eigenvalue weighted by Gasteiger charge is 2.08. The van der Waals surface area contributed by atoms with Gasteiger partial charge in [-0.2, -0.15) is 5.21 Å². The highest BCUT2D eigenvalue weighted by atomic mass is 16.3. The predicted octanol–water partition coefficient (Wildman–Crippen LogP) is 2.07. The van der Waals surface area contributed by atoms with Gasteiger partial charge in [0.1, 0.15) is 6.10 Å². The number of tetrazole rings is 1. The topological polar surface area (TPSA) is 108 Å².